The van der Waals surface area contributed by atoms with Crippen molar-refractivity contribution in [3.05, 3.63) is 29.6 Å². The Labute approximate surface area is 104 Å². The van der Waals surface area contributed by atoms with Crippen LogP contribution in [0.3, 0.4) is 0 Å². The molecular formula is C14H23N3. The fourth-order valence-corrected chi connectivity index (χ4v) is 2.30. The molecule has 0 spiro atoms. The highest BCUT2D eigenvalue weighted by atomic mass is 15.3. The van der Waals surface area contributed by atoms with Crippen molar-refractivity contribution in [1.82, 2.24) is 15.1 Å². The van der Waals surface area contributed by atoms with E-state index in [4.69, 9.17) is 0 Å². The van der Waals surface area contributed by atoms with Crippen molar-refractivity contribution in [2.75, 3.05) is 6.54 Å². The van der Waals surface area contributed by atoms with E-state index in [2.05, 4.69) is 29.6 Å². The number of aromatic nitrogens is 2. The van der Waals surface area contributed by atoms with Gasteiger partial charge in [-0.05, 0) is 38.6 Å². The predicted octanol–water partition coefficient (Wildman–Crippen LogP) is 2.88. The molecular weight excluding hydrogens is 210 g/mol. The summed E-state index contributed by atoms with van der Waals surface area (Å²) in [6, 6.07) is 0. The molecule has 0 radical (unpaired) electrons. The maximum Gasteiger partial charge on any atom is 0.0534 e. The molecule has 1 aromatic rings. The average molecular weight is 233 g/mol. The van der Waals surface area contributed by atoms with Gasteiger partial charge in [0.05, 0.1) is 6.20 Å². The van der Waals surface area contributed by atoms with Crippen LogP contribution in [0.4, 0.5) is 0 Å². The first-order valence-corrected chi connectivity index (χ1v) is 6.78. The lowest BCUT2D eigenvalue weighted by atomic mass is 10.2. The second-order valence-electron chi connectivity index (χ2n) is 4.79. The minimum atomic E-state index is 0.941. The van der Waals surface area contributed by atoms with Crippen LogP contribution < -0.4 is 5.32 Å². The van der Waals surface area contributed by atoms with Gasteiger partial charge in [-0.25, -0.2) is 0 Å². The molecule has 0 atom stereocenters. The van der Waals surface area contributed by atoms with Gasteiger partial charge >= 0.3 is 0 Å². The van der Waals surface area contributed by atoms with Gasteiger partial charge in [0.2, 0.25) is 0 Å². The zero-order valence-electron chi connectivity index (χ0n) is 10.8. The Hall–Kier alpha value is -1.09. The Morgan fingerprint density at radius 3 is 3.18 bits per heavy atom. The number of hydrogen-bond donors (Lipinski definition) is 1. The Kier molecular flexibility index (Phi) is 4.80. The average Bonchev–Trinajstić information content (AvgIpc) is 2.96. The Balaban J connectivity index is 1.63. The van der Waals surface area contributed by atoms with E-state index in [1.807, 2.05) is 10.9 Å². The number of aryl methyl sites for hydroxylation is 1. The van der Waals surface area contributed by atoms with Crippen LogP contribution >= 0.6 is 0 Å². The van der Waals surface area contributed by atoms with Crippen LogP contribution in [0.25, 0.3) is 0 Å². The molecule has 1 aliphatic rings. The van der Waals surface area contributed by atoms with E-state index in [0.29, 0.717) is 0 Å². The molecule has 1 aromatic heterocycles. The molecule has 0 fully saturated rings. The smallest absolute Gasteiger partial charge is 0.0534 e. The van der Waals surface area contributed by atoms with Crippen LogP contribution in [-0.4, -0.2) is 16.3 Å². The molecule has 1 heterocycles. The molecule has 0 saturated heterocycles. The summed E-state index contributed by atoms with van der Waals surface area (Å²) in [7, 11) is 0. The van der Waals surface area contributed by atoms with Gasteiger partial charge in [-0.2, -0.15) is 5.10 Å². The fraction of sp³-hybridized carbons (Fsp3) is 0.643. The van der Waals surface area contributed by atoms with E-state index in [1.54, 1.807) is 5.57 Å². The van der Waals surface area contributed by atoms with E-state index in [0.717, 1.165) is 26.1 Å². The lowest BCUT2D eigenvalue weighted by molar-refractivity contribution is 0.601. The quantitative estimate of drug-likeness (QED) is 0.579. The molecule has 3 heteroatoms. The molecule has 17 heavy (non-hydrogen) atoms. The number of hydrogen-bond acceptors (Lipinski definition) is 2. The zero-order chi connectivity index (χ0) is 11.9. The van der Waals surface area contributed by atoms with E-state index in [-0.39, 0.29) is 0 Å². The summed E-state index contributed by atoms with van der Waals surface area (Å²) >= 11 is 0. The minimum absolute atomic E-state index is 0.941. The second kappa shape index (κ2) is 6.60. The molecule has 1 aliphatic carbocycles. The number of allylic oxidation sites excluding steroid dienone is 1. The highest BCUT2D eigenvalue weighted by molar-refractivity contribution is 5.08. The topological polar surface area (TPSA) is 29.9 Å². The molecule has 2 rings (SSSR count). The van der Waals surface area contributed by atoms with Crippen molar-refractivity contribution < 1.29 is 0 Å². The summed E-state index contributed by atoms with van der Waals surface area (Å²) in [6.07, 6.45) is 12.8. The molecule has 0 unspecified atom stereocenters. The number of rotatable bonds is 7. The van der Waals surface area contributed by atoms with E-state index >= 15 is 0 Å². The van der Waals surface area contributed by atoms with Crippen molar-refractivity contribution >= 4 is 0 Å². The third kappa shape index (κ3) is 4.00. The first-order chi connectivity index (χ1) is 8.38. The highest BCUT2D eigenvalue weighted by Gasteiger charge is 2.03. The van der Waals surface area contributed by atoms with Gasteiger partial charge in [0.25, 0.3) is 0 Å². The second-order valence-corrected chi connectivity index (χ2v) is 4.79. The largest absolute Gasteiger partial charge is 0.312 e. The Morgan fingerprint density at radius 1 is 1.47 bits per heavy atom. The van der Waals surface area contributed by atoms with Gasteiger partial charge in [-0.15, -0.1) is 0 Å². The monoisotopic (exact) mass is 233 g/mol. The summed E-state index contributed by atoms with van der Waals surface area (Å²) < 4.78 is 2.02. The number of nitrogens with one attached hydrogen (secondary N) is 1. The molecule has 0 amide bonds. The predicted molar refractivity (Wildman–Crippen MR) is 70.8 cm³/mol. The van der Waals surface area contributed by atoms with Gasteiger partial charge in [0.1, 0.15) is 0 Å². The van der Waals surface area contributed by atoms with Crippen LogP contribution in [0, 0.1) is 0 Å². The van der Waals surface area contributed by atoms with Gasteiger partial charge < -0.3 is 5.32 Å². The lowest BCUT2D eigenvalue weighted by Crippen LogP contribution is -2.14. The first kappa shape index (κ1) is 12.4. The summed E-state index contributed by atoms with van der Waals surface area (Å²) in [5.74, 6) is 0. The maximum absolute atomic E-state index is 4.33. The van der Waals surface area contributed by atoms with Crippen molar-refractivity contribution in [3.8, 4) is 0 Å². The Bertz CT molecular complexity index is 365. The molecule has 0 aliphatic heterocycles. The highest BCUT2D eigenvalue weighted by Crippen LogP contribution is 2.19. The third-order valence-electron chi connectivity index (χ3n) is 3.23. The minimum Gasteiger partial charge on any atom is -0.312 e. The lowest BCUT2D eigenvalue weighted by Gasteiger charge is -2.03. The summed E-state index contributed by atoms with van der Waals surface area (Å²) in [5.41, 5.74) is 2.93. The maximum atomic E-state index is 4.33. The van der Waals surface area contributed by atoms with Gasteiger partial charge in [0.15, 0.2) is 0 Å². The van der Waals surface area contributed by atoms with E-state index < -0.39 is 0 Å². The molecule has 3 nitrogen and oxygen atoms in total. The first-order valence-electron chi connectivity index (χ1n) is 6.78. The van der Waals surface area contributed by atoms with Crippen LogP contribution in [0.15, 0.2) is 24.0 Å². The molecule has 0 saturated carbocycles. The number of nitrogens with zero attached hydrogens (tertiary/aromatic N) is 2. The van der Waals surface area contributed by atoms with Gasteiger partial charge in [0, 0.05) is 24.8 Å². The van der Waals surface area contributed by atoms with Crippen LogP contribution in [-0.2, 0) is 13.1 Å². The van der Waals surface area contributed by atoms with Crippen molar-refractivity contribution in [2.45, 2.75) is 52.1 Å². The summed E-state index contributed by atoms with van der Waals surface area (Å²) in [5, 5.41) is 7.82. The fourth-order valence-electron chi connectivity index (χ4n) is 2.30. The van der Waals surface area contributed by atoms with E-state index in [9.17, 15) is 0 Å². The van der Waals surface area contributed by atoms with Crippen molar-refractivity contribution in [2.24, 2.45) is 0 Å². The molecule has 1 N–H and O–H groups in total. The summed E-state index contributed by atoms with van der Waals surface area (Å²) in [4.78, 5) is 0. The van der Waals surface area contributed by atoms with Crippen molar-refractivity contribution in [3.63, 3.8) is 0 Å². The standard InChI is InChI=1S/C14H23N3/c1-2-9-17-12-14(11-16-17)10-15-8-7-13-5-3-4-6-13/h5,11-12,15H,2-4,6-10H2,1H3. The van der Waals surface area contributed by atoms with E-state index in [1.165, 1.54) is 31.2 Å². The zero-order valence-corrected chi connectivity index (χ0v) is 10.8. The third-order valence-corrected chi connectivity index (χ3v) is 3.23. The SMILES string of the molecule is CCCn1cc(CNCCC2=CCCC2)cn1. The Morgan fingerprint density at radius 2 is 2.41 bits per heavy atom. The normalized spacial score (nSPS) is 15.2. The summed E-state index contributed by atoms with van der Waals surface area (Å²) in [6.45, 7) is 5.23. The van der Waals surface area contributed by atoms with Gasteiger partial charge in [-0.3, -0.25) is 4.68 Å². The van der Waals surface area contributed by atoms with Crippen LogP contribution in [0.1, 0.15) is 44.6 Å². The molecule has 0 bridgehead atoms. The van der Waals surface area contributed by atoms with Gasteiger partial charge in [-0.1, -0.05) is 18.6 Å². The van der Waals surface area contributed by atoms with Crippen molar-refractivity contribution in [1.29, 1.82) is 0 Å². The van der Waals surface area contributed by atoms with Crippen LogP contribution in [0.2, 0.25) is 0 Å². The molecule has 0 aromatic carbocycles. The molecule has 94 valence electrons. The van der Waals surface area contributed by atoms with Crippen LogP contribution in [0.5, 0.6) is 0 Å².